The summed E-state index contributed by atoms with van der Waals surface area (Å²) >= 11 is 5.89. The molecule has 0 heterocycles. The zero-order chi connectivity index (χ0) is 18.1. The molecule has 0 unspecified atom stereocenters. The van der Waals surface area contributed by atoms with Crippen molar-refractivity contribution in [2.75, 3.05) is 0 Å². The third-order valence-corrected chi connectivity index (χ3v) is 8.58. The van der Waals surface area contributed by atoms with Gasteiger partial charge in [0, 0.05) is 11.1 Å². The molecule has 0 spiro atoms. The van der Waals surface area contributed by atoms with E-state index in [2.05, 4.69) is 12.2 Å². The van der Waals surface area contributed by atoms with Crippen LogP contribution in [0.25, 0.3) is 0 Å². The Morgan fingerprint density at radius 1 is 1.08 bits per heavy atom. The average Bonchev–Trinajstić information content (AvgIpc) is 3.09. The summed E-state index contributed by atoms with van der Waals surface area (Å²) in [7, 11) is -3.75. The van der Waals surface area contributed by atoms with Crippen LogP contribution in [0, 0.1) is 5.92 Å². The SMILES string of the molecule is CC1CCC(NC(=O)C2(S(=O)(=O)c3ccc(Cl)cc3)CCCC2)CC1. The maximum absolute atomic E-state index is 13.3. The third-order valence-electron chi connectivity index (χ3n) is 5.81. The monoisotopic (exact) mass is 383 g/mol. The lowest BCUT2D eigenvalue weighted by Crippen LogP contribution is -2.53. The van der Waals surface area contributed by atoms with Crippen LogP contribution in [0.2, 0.25) is 5.02 Å². The van der Waals surface area contributed by atoms with Crippen molar-refractivity contribution < 1.29 is 13.2 Å². The highest BCUT2D eigenvalue weighted by Gasteiger charge is 2.53. The minimum atomic E-state index is -3.75. The normalized spacial score (nSPS) is 26.3. The van der Waals surface area contributed by atoms with E-state index in [4.69, 9.17) is 11.6 Å². The lowest BCUT2D eigenvalue weighted by Gasteiger charge is -2.32. The van der Waals surface area contributed by atoms with Gasteiger partial charge in [-0.15, -0.1) is 0 Å². The zero-order valence-corrected chi connectivity index (χ0v) is 16.2. The number of benzene rings is 1. The van der Waals surface area contributed by atoms with Gasteiger partial charge in [0.1, 0.15) is 0 Å². The number of carbonyl (C=O) groups is 1. The first-order valence-corrected chi connectivity index (χ1v) is 11.0. The summed E-state index contributed by atoms with van der Waals surface area (Å²) in [6.07, 6.45) is 6.36. The van der Waals surface area contributed by atoms with Crippen LogP contribution in [-0.2, 0) is 14.6 Å². The van der Waals surface area contributed by atoms with Gasteiger partial charge in [-0.1, -0.05) is 31.4 Å². The van der Waals surface area contributed by atoms with Gasteiger partial charge in [-0.05, 0) is 68.7 Å². The van der Waals surface area contributed by atoms with E-state index in [1.807, 2.05) is 0 Å². The van der Waals surface area contributed by atoms with E-state index in [1.165, 1.54) is 12.1 Å². The van der Waals surface area contributed by atoms with Crippen molar-refractivity contribution in [3.8, 4) is 0 Å². The topological polar surface area (TPSA) is 63.2 Å². The second-order valence-corrected chi connectivity index (χ2v) is 10.3. The molecule has 0 saturated heterocycles. The Bertz CT molecular complexity index is 716. The van der Waals surface area contributed by atoms with Crippen LogP contribution in [0.4, 0.5) is 0 Å². The van der Waals surface area contributed by atoms with Crippen molar-refractivity contribution in [1.29, 1.82) is 0 Å². The highest BCUT2D eigenvalue weighted by molar-refractivity contribution is 7.93. The molecule has 3 rings (SSSR count). The molecule has 0 radical (unpaired) electrons. The highest BCUT2D eigenvalue weighted by atomic mass is 35.5. The molecule has 0 aliphatic heterocycles. The number of amides is 1. The van der Waals surface area contributed by atoms with Gasteiger partial charge < -0.3 is 5.32 Å². The van der Waals surface area contributed by atoms with E-state index in [9.17, 15) is 13.2 Å². The summed E-state index contributed by atoms with van der Waals surface area (Å²) in [5.41, 5.74) is 0. The van der Waals surface area contributed by atoms with Crippen molar-refractivity contribution in [2.24, 2.45) is 5.92 Å². The van der Waals surface area contributed by atoms with Crippen LogP contribution < -0.4 is 5.32 Å². The van der Waals surface area contributed by atoms with Gasteiger partial charge in [-0.3, -0.25) is 4.79 Å². The fourth-order valence-corrected chi connectivity index (χ4v) is 6.33. The van der Waals surface area contributed by atoms with Gasteiger partial charge in [-0.2, -0.15) is 0 Å². The van der Waals surface area contributed by atoms with E-state index < -0.39 is 14.6 Å². The Morgan fingerprint density at radius 2 is 1.64 bits per heavy atom. The summed E-state index contributed by atoms with van der Waals surface area (Å²) in [6, 6.07) is 6.25. The van der Waals surface area contributed by atoms with Crippen LogP contribution in [0.3, 0.4) is 0 Å². The minimum absolute atomic E-state index is 0.0987. The van der Waals surface area contributed by atoms with Gasteiger partial charge in [0.2, 0.25) is 5.91 Å². The van der Waals surface area contributed by atoms with Crippen molar-refractivity contribution in [1.82, 2.24) is 5.32 Å². The maximum atomic E-state index is 13.3. The number of halogens is 1. The third kappa shape index (κ3) is 3.59. The predicted molar refractivity (Wildman–Crippen MR) is 99.4 cm³/mol. The summed E-state index contributed by atoms with van der Waals surface area (Å²) in [5, 5.41) is 3.55. The van der Waals surface area contributed by atoms with Gasteiger partial charge in [-0.25, -0.2) is 8.42 Å². The van der Waals surface area contributed by atoms with Crippen LogP contribution in [-0.4, -0.2) is 25.1 Å². The molecule has 1 amide bonds. The van der Waals surface area contributed by atoms with Gasteiger partial charge in [0.15, 0.2) is 14.6 Å². The molecule has 25 heavy (non-hydrogen) atoms. The molecule has 0 aromatic heterocycles. The van der Waals surface area contributed by atoms with E-state index in [1.54, 1.807) is 12.1 Å². The first-order chi connectivity index (χ1) is 11.8. The molecule has 0 atom stereocenters. The second kappa shape index (κ2) is 7.28. The fraction of sp³-hybridized carbons (Fsp3) is 0.632. The minimum Gasteiger partial charge on any atom is -0.352 e. The number of rotatable bonds is 4. The molecule has 2 aliphatic carbocycles. The van der Waals surface area contributed by atoms with E-state index in [-0.39, 0.29) is 16.8 Å². The largest absolute Gasteiger partial charge is 0.352 e. The van der Waals surface area contributed by atoms with E-state index in [0.29, 0.717) is 23.8 Å². The first-order valence-electron chi connectivity index (χ1n) is 9.16. The van der Waals surface area contributed by atoms with Crippen LogP contribution >= 0.6 is 11.6 Å². The molecule has 2 fully saturated rings. The van der Waals surface area contributed by atoms with E-state index in [0.717, 1.165) is 38.5 Å². The highest BCUT2D eigenvalue weighted by Crippen LogP contribution is 2.41. The Morgan fingerprint density at radius 3 is 2.20 bits per heavy atom. The van der Waals surface area contributed by atoms with Crippen LogP contribution in [0.15, 0.2) is 29.2 Å². The van der Waals surface area contributed by atoms with Crippen molar-refractivity contribution in [3.05, 3.63) is 29.3 Å². The molecule has 0 bridgehead atoms. The smallest absolute Gasteiger partial charge is 0.242 e. The van der Waals surface area contributed by atoms with Crippen LogP contribution in [0.5, 0.6) is 0 Å². The summed E-state index contributed by atoms with van der Waals surface area (Å²) in [5.74, 6) is 0.380. The molecule has 6 heteroatoms. The molecule has 2 saturated carbocycles. The zero-order valence-electron chi connectivity index (χ0n) is 14.6. The lowest BCUT2D eigenvalue weighted by atomic mass is 9.87. The average molecular weight is 384 g/mol. The number of hydrogen-bond acceptors (Lipinski definition) is 3. The molecule has 2 aliphatic rings. The number of hydrogen-bond donors (Lipinski definition) is 1. The Hall–Kier alpha value is -1.07. The van der Waals surface area contributed by atoms with Gasteiger partial charge >= 0.3 is 0 Å². The molecular formula is C19H26ClNO3S. The second-order valence-electron chi connectivity index (χ2n) is 7.59. The van der Waals surface area contributed by atoms with Crippen LogP contribution in [0.1, 0.15) is 58.3 Å². The van der Waals surface area contributed by atoms with Gasteiger partial charge in [0.25, 0.3) is 0 Å². The van der Waals surface area contributed by atoms with Crippen molar-refractivity contribution in [3.63, 3.8) is 0 Å². The molecule has 138 valence electrons. The molecule has 1 N–H and O–H groups in total. The Balaban J connectivity index is 1.85. The molecular weight excluding hydrogens is 358 g/mol. The fourth-order valence-electron chi connectivity index (χ4n) is 4.12. The maximum Gasteiger partial charge on any atom is 0.242 e. The van der Waals surface area contributed by atoms with Crippen molar-refractivity contribution in [2.45, 2.75) is 74.0 Å². The van der Waals surface area contributed by atoms with Crippen molar-refractivity contribution >= 4 is 27.3 Å². The summed E-state index contributed by atoms with van der Waals surface area (Å²) in [4.78, 5) is 13.3. The number of sulfone groups is 1. The summed E-state index contributed by atoms with van der Waals surface area (Å²) < 4.78 is 25.3. The number of carbonyl (C=O) groups excluding carboxylic acids is 1. The quantitative estimate of drug-likeness (QED) is 0.850. The first kappa shape index (κ1) is 18.7. The predicted octanol–water partition coefficient (Wildman–Crippen LogP) is 4.12. The molecule has 1 aromatic carbocycles. The van der Waals surface area contributed by atoms with Gasteiger partial charge in [0.05, 0.1) is 4.90 Å². The molecule has 4 nitrogen and oxygen atoms in total. The number of nitrogens with one attached hydrogen (secondary N) is 1. The Labute approximate surface area is 155 Å². The lowest BCUT2D eigenvalue weighted by molar-refractivity contribution is -0.124. The molecule has 1 aromatic rings. The Kier molecular flexibility index (Phi) is 5.45. The van der Waals surface area contributed by atoms with E-state index >= 15 is 0 Å². The summed E-state index contributed by atoms with van der Waals surface area (Å²) in [6.45, 7) is 2.22. The standard InChI is InChI=1S/C19H26ClNO3S/c1-14-4-8-16(9-5-14)21-18(22)19(12-2-3-13-19)25(23,24)17-10-6-15(20)7-11-17/h6-7,10-11,14,16H,2-5,8-9,12-13H2,1H3,(H,21,22).